The number of aromatic nitrogens is 2. The number of phenols is 2. The van der Waals surface area contributed by atoms with Crippen molar-refractivity contribution in [3.05, 3.63) is 41.5 Å². The molecule has 0 saturated heterocycles. The first kappa shape index (κ1) is 11.6. The van der Waals surface area contributed by atoms with Crippen molar-refractivity contribution in [1.82, 2.24) is 9.97 Å². The Hall–Kier alpha value is -2.49. The Morgan fingerprint density at radius 3 is 2.53 bits per heavy atom. The van der Waals surface area contributed by atoms with Gasteiger partial charge in [-0.05, 0) is 49.2 Å². The summed E-state index contributed by atoms with van der Waals surface area (Å²) in [4.78, 5) is 7.78. The Labute approximate surface area is 110 Å². The Morgan fingerprint density at radius 2 is 1.79 bits per heavy atom. The van der Waals surface area contributed by atoms with E-state index < -0.39 is 0 Å². The first-order chi connectivity index (χ1) is 9.04. The highest BCUT2D eigenvalue weighted by atomic mass is 16.3. The highest BCUT2D eigenvalue weighted by molar-refractivity contribution is 5.83. The molecule has 0 saturated carbocycles. The van der Waals surface area contributed by atoms with Crippen LogP contribution in [-0.2, 0) is 0 Å². The summed E-state index contributed by atoms with van der Waals surface area (Å²) in [5.74, 6) is 0.400. The predicted molar refractivity (Wildman–Crippen MR) is 74.3 cm³/mol. The van der Waals surface area contributed by atoms with E-state index >= 15 is 0 Å². The van der Waals surface area contributed by atoms with Gasteiger partial charge in [-0.2, -0.15) is 0 Å². The van der Waals surface area contributed by atoms with Gasteiger partial charge in [-0.25, -0.2) is 4.98 Å². The molecular weight excluding hydrogens is 240 g/mol. The zero-order chi connectivity index (χ0) is 13.6. The van der Waals surface area contributed by atoms with E-state index in [-0.39, 0.29) is 11.5 Å². The molecule has 0 amide bonds. The average molecular weight is 254 g/mol. The molecule has 19 heavy (non-hydrogen) atoms. The molecule has 1 heterocycles. The van der Waals surface area contributed by atoms with Crippen LogP contribution in [0.1, 0.15) is 11.1 Å². The standard InChI is InChI=1S/C15H14N2O2/c1-8-5-9(2)14-11(6-8)16-15(17-14)10-3-4-12(18)13(19)7-10/h3-7,18-19H,1-2H3,(H,16,17). The topological polar surface area (TPSA) is 69.1 Å². The molecule has 0 fully saturated rings. The summed E-state index contributed by atoms with van der Waals surface area (Å²) in [6.45, 7) is 4.06. The quantitative estimate of drug-likeness (QED) is 0.584. The molecule has 0 radical (unpaired) electrons. The molecule has 1 aromatic heterocycles. The first-order valence-corrected chi connectivity index (χ1v) is 6.04. The number of hydrogen-bond acceptors (Lipinski definition) is 3. The van der Waals surface area contributed by atoms with Gasteiger partial charge in [-0.1, -0.05) is 6.07 Å². The van der Waals surface area contributed by atoms with Crippen LogP contribution in [0.3, 0.4) is 0 Å². The number of hydrogen-bond donors (Lipinski definition) is 3. The molecule has 0 aliphatic carbocycles. The number of benzene rings is 2. The van der Waals surface area contributed by atoms with Crippen molar-refractivity contribution in [1.29, 1.82) is 0 Å². The summed E-state index contributed by atoms with van der Waals surface area (Å²) in [5.41, 5.74) is 4.92. The van der Waals surface area contributed by atoms with Gasteiger partial charge in [0.1, 0.15) is 5.82 Å². The smallest absolute Gasteiger partial charge is 0.158 e. The third-order valence-corrected chi connectivity index (χ3v) is 3.17. The summed E-state index contributed by atoms with van der Waals surface area (Å²) in [5, 5.41) is 18.9. The van der Waals surface area contributed by atoms with Crippen molar-refractivity contribution in [3.63, 3.8) is 0 Å². The SMILES string of the molecule is Cc1cc(C)c2nc(-c3ccc(O)c(O)c3)[nH]c2c1. The van der Waals surface area contributed by atoms with Gasteiger partial charge in [0.05, 0.1) is 11.0 Å². The maximum Gasteiger partial charge on any atom is 0.158 e. The number of nitrogens with one attached hydrogen (secondary N) is 1. The zero-order valence-electron chi connectivity index (χ0n) is 10.7. The fourth-order valence-electron chi connectivity index (χ4n) is 2.28. The molecule has 2 aromatic carbocycles. The Bertz CT molecular complexity index is 775. The van der Waals surface area contributed by atoms with E-state index in [0.717, 1.165) is 22.2 Å². The minimum absolute atomic E-state index is 0.133. The largest absolute Gasteiger partial charge is 0.504 e. The second kappa shape index (κ2) is 4.02. The molecule has 3 aromatic rings. The summed E-state index contributed by atoms with van der Waals surface area (Å²) in [6, 6.07) is 8.79. The van der Waals surface area contributed by atoms with Crippen LogP contribution in [0.2, 0.25) is 0 Å². The van der Waals surface area contributed by atoms with Crippen LogP contribution in [0.25, 0.3) is 22.4 Å². The molecule has 3 N–H and O–H groups in total. The minimum Gasteiger partial charge on any atom is -0.504 e. The highest BCUT2D eigenvalue weighted by Gasteiger charge is 2.09. The molecule has 0 aliphatic rings. The monoisotopic (exact) mass is 254 g/mol. The summed E-state index contributed by atoms with van der Waals surface area (Å²) < 4.78 is 0. The second-order valence-corrected chi connectivity index (χ2v) is 4.77. The van der Waals surface area contributed by atoms with E-state index in [1.807, 2.05) is 19.9 Å². The fraction of sp³-hybridized carbons (Fsp3) is 0.133. The van der Waals surface area contributed by atoms with Gasteiger partial charge in [0.2, 0.25) is 0 Å². The maximum atomic E-state index is 9.54. The van der Waals surface area contributed by atoms with Gasteiger partial charge in [0.25, 0.3) is 0 Å². The second-order valence-electron chi connectivity index (χ2n) is 4.77. The number of nitrogens with zero attached hydrogens (tertiary/aromatic N) is 1. The van der Waals surface area contributed by atoms with E-state index in [4.69, 9.17) is 0 Å². The molecule has 4 heteroatoms. The van der Waals surface area contributed by atoms with Crippen LogP contribution < -0.4 is 0 Å². The lowest BCUT2D eigenvalue weighted by Gasteiger charge is -1.99. The molecule has 96 valence electrons. The number of fused-ring (bicyclic) bond motifs is 1. The number of aromatic hydroxyl groups is 2. The van der Waals surface area contributed by atoms with Crippen LogP contribution in [-0.4, -0.2) is 20.2 Å². The number of aryl methyl sites for hydroxylation is 2. The number of phenolic OH excluding ortho intramolecular Hbond substituents is 2. The summed E-state index contributed by atoms with van der Waals surface area (Å²) in [6.07, 6.45) is 0. The van der Waals surface area contributed by atoms with Crippen molar-refractivity contribution < 1.29 is 10.2 Å². The molecule has 0 spiro atoms. The van der Waals surface area contributed by atoms with Crippen LogP contribution in [0.15, 0.2) is 30.3 Å². The lowest BCUT2D eigenvalue weighted by Crippen LogP contribution is -1.80. The van der Waals surface area contributed by atoms with Gasteiger partial charge < -0.3 is 15.2 Å². The molecule has 0 aliphatic heterocycles. The van der Waals surface area contributed by atoms with Crippen LogP contribution in [0.4, 0.5) is 0 Å². The first-order valence-electron chi connectivity index (χ1n) is 6.04. The number of H-pyrrole nitrogens is 1. The lowest BCUT2D eigenvalue weighted by molar-refractivity contribution is 0.404. The van der Waals surface area contributed by atoms with Gasteiger partial charge in [-0.3, -0.25) is 0 Å². The number of rotatable bonds is 1. The Kier molecular flexibility index (Phi) is 2.45. The van der Waals surface area contributed by atoms with Gasteiger partial charge in [0, 0.05) is 5.56 Å². The fourth-order valence-corrected chi connectivity index (χ4v) is 2.28. The third kappa shape index (κ3) is 1.91. The summed E-state index contributed by atoms with van der Waals surface area (Å²) >= 11 is 0. The van der Waals surface area contributed by atoms with Crippen molar-refractivity contribution in [2.45, 2.75) is 13.8 Å². The normalized spacial score (nSPS) is 11.1. The Balaban J connectivity index is 2.20. The zero-order valence-corrected chi connectivity index (χ0v) is 10.7. The van der Waals surface area contributed by atoms with Crippen molar-refractivity contribution in [2.75, 3.05) is 0 Å². The molecule has 0 unspecified atom stereocenters. The van der Waals surface area contributed by atoms with Crippen molar-refractivity contribution in [2.24, 2.45) is 0 Å². The minimum atomic E-state index is -0.147. The van der Waals surface area contributed by atoms with E-state index in [9.17, 15) is 10.2 Å². The van der Waals surface area contributed by atoms with Crippen molar-refractivity contribution >= 4 is 11.0 Å². The van der Waals surface area contributed by atoms with Gasteiger partial charge in [0.15, 0.2) is 11.5 Å². The molecule has 0 bridgehead atoms. The van der Waals surface area contributed by atoms with Gasteiger partial charge in [-0.15, -0.1) is 0 Å². The number of aromatic amines is 1. The van der Waals surface area contributed by atoms with Crippen LogP contribution in [0, 0.1) is 13.8 Å². The molecule has 0 atom stereocenters. The van der Waals surface area contributed by atoms with E-state index in [0.29, 0.717) is 5.82 Å². The van der Waals surface area contributed by atoms with Crippen molar-refractivity contribution in [3.8, 4) is 22.9 Å². The molecular formula is C15H14N2O2. The van der Waals surface area contributed by atoms with E-state index in [1.165, 1.54) is 17.7 Å². The highest BCUT2D eigenvalue weighted by Crippen LogP contribution is 2.30. The number of imidazole rings is 1. The lowest BCUT2D eigenvalue weighted by atomic mass is 10.1. The van der Waals surface area contributed by atoms with E-state index in [2.05, 4.69) is 16.0 Å². The molecule has 4 nitrogen and oxygen atoms in total. The van der Waals surface area contributed by atoms with Gasteiger partial charge >= 0.3 is 0 Å². The molecule has 3 rings (SSSR count). The summed E-state index contributed by atoms with van der Waals surface area (Å²) in [7, 11) is 0. The third-order valence-electron chi connectivity index (χ3n) is 3.17. The maximum absolute atomic E-state index is 9.54. The van der Waals surface area contributed by atoms with E-state index in [1.54, 1.807) is 6.07 Å². The average Bonchev–Trinajstić information content (AvgIpc) is 2.76. The van der Waals surface area contributed by atoms with Crippen LogP contribution in [0.5, 0.6) is 11.5 Å². The van der Waals surface area contributed by atoms with Crippen LogP contribution >= 0.6 is 0 Å². The Morgan fingerprint density at radius 1 is 1.00 bits per heavy atom. The predicted octanol–water partition coefficient (Wildman–Crippen LogP) is 3.26.